The van der Waals surface area contributed by atoms with E-state index < -0.39 is 0 Å². The Balaban J connectivity index is 2.47. The topological polar surface area (TPSA) is 30.4 Å². The summed E-state index contributed by atoms with van der Waals surface area (Å²) < 4.78 is 0. The molecule has 2 heteroatoms. The van der Waals surface area contributed by atoms with Gasteiger partial charge >= 0.3 is 0 Å². The second-order valence-electron chi connectivity index (χ2n) is 3.49. The highest BCUT2D eigenvalue weighted by molar-refractivity contribution is 5.50. The third-order valence-electron chi connectivity index (χ3n) is 2.62. The second kappa shape index (κ2) is 3.20. The lowest BCUT2D eigenvalue weighted by atomic mass is 9.88. The molecule has 2 nitrogen and oxygen atoms in total. The molecule has 0 amide bonds. The minimum Gasteiger partial charge on any atom is -0.324 e. The van der Waals surface area contributed by atoms with Gasteiger partial charge in [-0.1, -0.05) is 23.8 Å². The predicted molar refractivity (Wildman–Crippen MR) is 52.6 cm³/mol. The minimum absolute atomic E-state index is 0.184. The summed E-state index contributed by atoms with van der Waals surface area (Å²) >= 11 is 0. The zero-order valence-electron chi connectivity index (χ0n) is 7.46. The van der Waals surface area contributed by atoms with Crippen LogP contribution in [0.5, 0.6) is 0 Å². The summed E-state index contributed by atoms with van der Waals surface area (Å²) in [5.74, 6) is 0. The fraction of sp³-hybridized carbons (Fsp3) is 0.364. The number of benzene rings is 1. The number of hydrogen-bond donors (Lipinski definition) is 1. The molecule has 0 radical (unpaired) electrons. The van der Waals surface area contributed by atoms with E-state index in [9.17, 15) is 0 Å². The fourth-order valence-corrected chi connectivity index (χ4v) is 1.91. The quantitative estimate of drug-likeness (QED) is 0.599. The Morgan fingerprint density at radius 1 is 1.46 bits per heavy atom. The number of nitrogens with two attached hydrogens (primary N) is 1. The summed E-state index contributed by atoms with van der Waals surface area (Å²) in [4.78, 5) is 3.41. The lowest BCUT2D eigenvalue weighted by Gasteiger charge is -2.22. The van der Waals surface area contributed by atoms with Gasteiger partial charge < -0.3 is 5.73 Å². The lowest BCUT2D eigenvalue weighted by Crippen LogP contribution is -2.16. The van der Waals surface area contributed by atoms with E-state index >= 15 is 0 Å². The van der Waals surface area contributed by atoms with Gasteiger partial charge in [0.2, 0.25) is 0 Å². The largest absolute Gasteiger partial charge is 0.324 e. The van der Waals surface area contributed by atoms with E-state index in [1.807, 2.05) is 18.2 Å². The molecule has 66 valence electrons. The van der Waals surface area contributed by atoms with Gasteiger partial charge in [-0.3, -0.25) is 0 Å². The van der Waals surface area contributed by atoms with Crippen LogP contribution in [0.15, 0.2) is 18.2 Å². The molecule has 0 aromatic heterocycles. The van der Waals surface area contributed by atoms with Crippen LogP contribution in [0, 0.1) is 6.57 Å². The van der Waals surface area contributed by atoms with E-state index in [-0.39, 0.29) is 6.04 Å². The zero-order chi connectivity index (χ0) is 9.26. The molecular formula is C11H12N2. The van der Waals surface area contributed by atoms with E-state index in [1.54, 1.807) is 0 Å². The maximum atomic E-state index is 6.91. The normalized spacial score (nSPS) is 20.5. The molecular weight excluding hydrogens is 160 g/mol. The summed E-state index contributed by atoms with van der Waals surface area (Å²) in [5.41, 5.74) is 9.20. The van der Waals surface area contributed by atoms with Crippen molar-refractivity contribution in [1.82, 2.24) is 0 Å². The highest BCUT2D eigenvalue weighted by Gasteiger charge is 2.16. The van der Waals surface area contributed by atoms with Crippen molar-refractivity contribution >= 4 is 5.69 Å². The van der Waals surface area contributed by atoms with Crippen LogP contribution in [0.2, 0.25) is 0 Å². The Bertz CT molecular complexity index is 363. The molecule has 0 saturated carbocycles. The first-order chi connectivity index (χ1) is 6.31. The minimum atomic E-state index is 0.184. The molecule has 1 atom stereocenters. The first-order valence-corrected chi connectivity index (χ1v) is 4.57. The molecule has 1 aliphatic rings. The lowest BCUT2D eigenvalue weighted by molar-refractivity contribution is 0.571. The molecule has 2 N–H and O–H groups in total. The fourth-order valence-electron chi connectivity index (χ4n) is 1.91. The highest BCUT2D eigenvalue weighted by Crippen LogP contribution is 2.30. The van der Waals surface area contributed by atoms with Gasteiger partial charge in [0.15, 0.2) is 5.69 Å². The Hall–Kier alpha value is -1.33. The zero-order valence-corrected chi connectivity index (χ0v) is 7.46. The number of hydrogen-bond acceptors (Lipinski definition) is 1. The maximum Gasteiger partial charge on any atom is 0.187 e. The smallest absolute Gasteiger partial charge is 0.187 e. The Morgan fingerprint density at radius 2 is 2.31 bits per heavy atom. The number of rotatable bonds is 0. The van der Waals surface area contributed by atoms with E-state index in [4.69, 9.17) is 12.3 Å². The monoisotopic (exact) mass is 172 g/mol. The molecule has 0 aliphatic heterocycles. The summed E-state index contributed by atoms with van der Waals surface area (Å²) in [6, 6.07) is 6.02. The number of nitrogens with zero attached hydrogens (tertiary/aromatic N) is 1. The number of aryl methyl sites for hydroxylation is 1. The van der Waals surface area contributed by atoms with Crippen LogP contribution in [-0.2, 0) is 6.42 Å². The van der Waals surface area contributed by atoms with Gasteiger partial charge in [0, 0.05) is 6.04 Å². The van der Waals surface area contributed by atoms with Crippen molar-refractivity contribution in [2.24, 2.45) is 5.73 Å². The van der Waals surface area contributed by atoms with Crippen LogP contribution < -0.4 is 5.73 Å². The molecule has 0 bridgehead atoms. The van der Waals surface area contributed by atoms with Crippen molar-refractivity contribution in [1.29, 1.82) is 0 Å². The molecule has 2 rings (SSSR count). The first-order valence-electron chi connectivity index (χ1n) is 4.57. The van der Waals surface area contributed by atoms with Gasteiger partial charge in [0.05, 0.1) is 6.57 Å². The van der Waals surface area contributed by atoms with Crippen molar-refractivity contribution in [3.8, 4) is 0 Å². The van der Waals surface area contributed by atoms with Crippen LogP contribution in [-0.4, -0.2) is 0 Å². The van der Waals surface area contributed by atoms with Crippen molar-refractivity contribution in [3.05, 3.63) is 40.7 Å². The molecule has 0 heterocycles. The molecule has 1 aliphatic carbocycles. The molecule has 13 heavy (non-hydrogen) atoms. The van der Waals surface area contributed by atoms with E-state index in [2.05, 4.69) is 4.85 Å². The highest BCUT2D eigenvalue weighted by atomic mass is 14.7. The van der Waals surface area contributed by atoms with Crippen molar-refractivity contribution in [3.63, 3.8) is 0 Å². The average Bonchev–Trinajstić information content (AvgIpc) is 2.18. The van der Waals surface area contributed by atoms with Crippen LogP contribution >= 0.6 is 0 Å². The van der Waals surface area contributed by atoms with Crippen LogP contribution in [0.3, 0.4) is 0 Å². The third-order valence-corrected chi connectivity index (χ3v) is 2.62. The average molecular weight is 172 g/mol. The van der Waals surface area contributed by atoms with Gasteiger partial charge in [-0.2, -0.15) is 0 Å². The van der Waals surface area contributed by atoms with Gasteiger partial charge in [0.25, 0.3) is 0 Å². The number of fused-ring (bicyclic) bond motifs is 1. The van der Waals surface area contributed by atoms with E-state index in [1.165, 1.54) is 11.1 Å². The summed E-state index contributed by atoms with van der Waals surface area (Å²) in [6.07, 6.45) is 3.30. The molecule has 0 fully saturated rings. The third kappa shape index (κ3) is 1.43. The Morgan fingerprint density at radius 3 is 3.08 bits per heavy atom. The Labute approximate surface area is 78.2 Å². The van der Waals surface area contributed by atoms with E-state index in [0.29, 0.717) is 0 Å². The van der Waals surface area contributed by atoms with Crippen LogP contribution in [0.25, 0.3) is 4.85 Å². The maximum absolute atomic E-state index is 6.91. The molecule has 1 aromatic carbocycles. The molecule has 1 unspecified atom stereocenters. The Kier molecular flexibility index (Phi) is 2.03. The van der Waals surface area contributed by atoms with Crippen molar-refractivity contribution in [2.45, 2.75) is 25.3 Å². The van der Waals surface area contributed by atoms with Crippen molar-refractivity contribution < 1.29 is 0 Å². The molecule has 0 saturated heterocycles. The second-order valence-corrected chi connectivity index (χ2v) is 3.49. The van der Waals surface area contributed by atoms with Crippen molar-refractivity contribution in [2.75, 3.05) is 0 Å². The SMILES string of the molecule is [C-]#[N+]c1ccc2c(c1)CCCC2N. The van der Waals surface area contributed by atoms with Crippen LogP contribution in [0.4, 0.5) is 5.69 Å². The summed E-state index contributed by atoms with van der Waals surface area (Å²) in [7, 11) is 0. The van der Waals surface area contributed by atoms with Gasteiger partial charge in [-0.15, -0.1) is 0 Å². The van der Waals surface area contributed by atoms with Crippen LogP contribution in [0.1, 0.15) is 30.0 Å². The van der Waals surface area contributed by atoms with E-state index in [0.717, 1.165) is 24.9 Å². The first kappa shape index (κ1) is 8.28. The summed E-state index contributed by atoms with van der Waals surface area (Å²) in [6.45, 7) is 6.91. The standard InChI is InChI=1S/C11H12N2/c1-13-9-5-6-10-8(7-9)3-2-4-11(10)12/h5-7,11H,2-4,12H2. The van der Waals surface area contributed by atoms with Gasteiger partial charge in [0.1, 0.15) is 0 Å². The predicted octanol–water partition coefficient (Wildman–Crippen LogP) is 2.57. The summed E-state index contributed by atoms with van der Waals surface area (Å²) in [5, 5.41) is 0. The van der Waals surface area contributed by atoms with Gasteiger partial charge in [-0.05, 0) is 24.8 Å². The van der Waals surface area contributed by atoms with Gasteiger partial charge in [-0.25, -0.2) is 4.85 Å². The molecule has 1 aromatic rings. The molecule has 0 spiro atoms.